The number of carbonyl (C=O) groups excluding carboxylic acids is 1. The average Bonchev–Trinajstić information content (AvgIpc) is 2.84. The predicted molar refractivity (Wildman–Crippen MR) is 65.6 cm³/mol. The van der Waals surface area contributed by atoms with Crippen LogP contribution in [0, 0.1) is 0 Å². The molecule has 0 atom stereocenters. The van der Waals surface area contributed by atoms with E-state index < -0.39 is 5.97 Å². The maximum atomic E-state index is 11.2. The summed E-state index contributed by atoms with van der Waals surface area (Å²) in [7, 11) is 1.31. The van der Waals surface area contributed by atoms with Gasteiger partial charge in [0.1, 0.15) is 5.75 Å². The Kier molecular flexibility index (Phi) is 3.84. The number of halogens is 1. The van der Waals surface area contributed by atoms with Gasteiger partial charge in [0.05, 0.1) is 7.11 Å². The van der Waals surface area contributed by atoms with E-state index in [1.807, 2.05) is 0 Å². The lowest BCUT2D eigenvalue weighted by Gasteiger charge is -2.06. The number of esters is 1. The first-order valence-corrected chi connectivity index (χ1v) is 5.57. The summed E-state index contributed by atoms with van der Waals surface area (Å²) in [6.45, 7) is 0.192. The zero-order valence-corrected chi connectivity index (χ0v) is 10.4. The first-order chi connectivity index (χ1) is 8.69. The zero-order valence-electron chi connectivity index (χ0n) is 9.67. The summed E-state index contributed by atoms with van der Waals surface area (Å²) < 4.78 is 11.5. The highest BCUT2D eigenvalue weighted by Crippen LogP contribution is 2.17. The number of nitrogens with zero attached hydrogens (tertiary/aromatic N) is 2. The van der Waals surface area contributed by atoms with Gasteiger partial charge in [-0.1, -0.05) is 17.7 Å². The van der Waals surface area contributed by atoms with Crippen LogP contribution in [0.1, 0.15) is 10.5 Å². The van der Waals surface area contributed by atoms with Gasteiger partial charge in [0.25, 0.3) is 0 Å². The minimum absolute atomic E-state index is 0.192. The third-order valence-electron chi connectivity index (χ3n) is 2.19. The molecular formula is C12H11ClN2O3. The van der Waals surface area contributed by atoms with Crippen LogP contribution >= 0.6 is 11.6 Å². The quantitative estimate of drug-likeness (QED) is 0.797. The van der Waals surface area contributed by atoms with E-state index >= 15 is 0 Å². The number of hydrogen-bond donors (Lipinski definition) is 0. The highest BCUT2D eigenvalue weighted by molar-refractivity contribution is 6.30. The molecule has 0 fully saturated rings. The van der Waals surface area contributed by atoms with E-state index in [1.165, 1.54) is 11.8 Å². The molecule has 94 valence electrons. The molecule has 6 heteroatoms. The summed E-state index contributed by atoms with van der Waals surface area (Å²) in [4.78, 5) is 11.2. The van der Waals surface area contributed by atoms with E-state index in [4.69, 9.17) is 16.3 Å². The number of benzene rings is 1. The molecule has 2 aromatic rings. The highest BCUT2D eigenvalue weighted by atomic mass is 35.5. The van der Waals surface area contributed by atoms with Crippen LogP contribution in [0.2, 0.25) is 5.02 Å². The maximum Gasteiger partial charge on any atom is 0.358 e. The van der Waals surface area contributed by atoms with Crippen LogP contribution in [0.15, 0.2) is 36.5 Å². The molecule has 0 saturated heterocycles. The summed E-state index contributed by atoms with van der Waals surface area (Å²) in [5.74, 6) is 0.161. The van der Waals surface area contributed by atoms with Crippen molar-refractivity contribution in [2.75, 3.05) is 7.11 Å². The van der Waals surface area contributed by atoms with Crippen molar-refractivity contribution < 1.29 is 14.3 Å². The lowest BCUT2D eigenvalue weighted by molar-refractivity contribution is 0.0592. The number of hydrogen-bond acceptors (Lipinski definition) is 4. The lowest BCUT2D eigenvalue weighted by Crippen LogP contribution is -2.08. The van der Waals surface area contributed by atoms with E-state index in [-0.39, 0.29) is 12.4 Å². The van der Waals surface area contributed by atoms with Gasteiger partial charge in [-0.15, -0.1) is 0 Å². The predicted octanol–water partition coefficient (Wildman–Crippen LogP) is 2.36. The Labute approximate surface area is 109 Å². The molecule has 5 nitrogen and oxygen atoms in total. The smallest absolute Gasteiger partial charge is 0.358 e. The maximum absolute atomic E-state index is 11.2. The average molecular weight is 267 g/mol. The second-order valence-electron chi connectivity index (χ2n) is 3.46. The molecule has 0 aliphatic carbocycles. The first-order valence-electron chi connectivity index (χ1n) is 5.19. The molecular weight excluding hydrogens is 256 g/mol. The van der Waals surface area contributed by atoms with Crippen molar-refractivity contribution in [3.8, 4) is 5.75 Å². The Morgan fingerprint density at radius 1 is 1.44 bits per heavy atom. The van der Waals surface area contributed by atoms with Crippen LogP contribution in [-0.4, -0.2) is 22.9 Å². The van der Waals surface area contributed by atoms with Crippen molar-refractivity contribution in [2.24, 2.45) is 0 Å². The van der Waals surface area contributed by atoms with Crippen LogP contribution < -0.4 is 4.74 Å². The first kappa shape index (κ1) is 12.4. The number of methoxy groups -OCH3 is 1. The number of aromatic nitrogens is 2. The SMILES string of the molecule is COC(=O)c1ccn(COc2cccc(Cl)c2)n1. The van der Waals surface area contributed by atoms with Crippen molar-refractivity contribution >= 4 is 17.6 Å². The van der Waals surface area contributed by atoms with E-state index in [9.17, 15) is 4.79 Å². The van der Waals surface area contributed by atoms with Crippen molar-refractivity contribution in [1.29, 1.82) is 0 Å². The normalized spacial score (nSPS) is 10.1. The van der Waals surface area contributed by atoms with Crippen molar-refractivity contribution in [3.05, 3.63) is 47.2 Å². The fourth-order valence-corrected chi connectivity index (χ4v) is 1.52. The lowest BCUT2D eigenvalue weighted by atomic mass is 10.3. The highest BCUT2D eigenvalue weighted by Gasteiger charge is 2.08. The second kappa shape index (κ2) is 5.55. The molecule has 1 heterocycles. The Balaban J connectivity index is 1.98. The van der Waals surface area contributed by atoms with Gasteiger partial charge in [0.15, 0.2) is 12.4 Å². The summed E-state index contributed by atoms with van der Waals surface area (Å²) >= 11 is 5.83. The number of rotatable bonds is 4. The molecule has 1 aromatic carbocycles. The standard InChI is InChI=1S/C12H11ClN2O3/c1-17-12(16)11-5-6-15(14-11)8-18-10-4-2-3-9(13)7-10/h2-7H,8H2,1H3. The van der Waals surface area contributed by atoms with Crippen molar-refractivity contribution in [2.45, 2.75) is 6.73 Å². The van der Waals surface area contributed by atoms with E-state index in [0.717, 1.165) is 0 Å². The summed E-state index contributed by atoms with van der Waals surface area (Å²) in [6, 6.07) is 8.61. The molecule has 0 aliphatic rings. The molecule has 0 bridgehead atoms. The topological polar surface area (TPSA) is 53.4 Å². The molecule has 0 aliphatic heterocycles. The molecule has 0 unspecified atom stereocenters. The van der Waals surface area contributed by atoms with Crippen LogP contribution in [0.5, 0.6) is 5.75 Å². The Morgan fingerprint density at radius 3 is 3.00 bits per heavy atom. The summed E-state index contributed by atoms with van der Waals surface area (Å²) in [5, 5.41) is 4.60. The number of ether oxygens (including phenoxy) is 2. The van der Waals surface area contributed by atoms with Gasteiger partial charge in [0, 0.05) is 11.2 Å². The fourth-order valence-electron chi connectivity index (χ4n) is 1.34. The molecule has 0 radical (unpaired) electrons. The minimum atomic E-state index is -0.475. The van der Waals surface area contributed by atoms with Crippen LogP contribution in [0.3, 0.4) is 0 Å². The van der Waals surface area contributed by atoms with Crippen LogP contribution in [-0.2, 0) is 11.5 Å². The van der Waals surface area contributed by atoms with Crippen LogP contribution in [0.25, 0.3) is 0 Å². The Bertz CT molecular complexity index is 554. The minimum Gasteiger partial charge on any atom is -0.471 e. The van der Waals surface area contributed by atoms with E-state index in [0.29, 0.717) is 10.8 Å². The molecule has 0 N–H and O–H groups in total. The largest absolute Gasteiger partial charge is 0.471 e. The third kappa shape index (κ3) is 3.01. The molecule has 0 saturated carbocycles. The molecule has 0 amide bonds. The van der Waals surface area contributed by atoms with E-state index in [1.54, 1.807) is 36.5 Å². The van der Waals surface area contributed by atoms with E-state index in [2.05, 4.69) is 9.84 Å². The third-order valence-corrected chi connectivity index (χ3v) is 2.43. The monoisotopic (exact) mass is 266 g/mol. The molecule has 18 heavy (non-hydrogen) atoms. The molecule has 2 rings (SSSR count). The zero-order chi connectivity index (χ0) is 13.0. The summed E-state index contributed by atoms with van der Waals surface area (Å²) in [6.07, 6.45) is 1.64. The Hall–Kier alpha value is -2.01. The van der Waals surface area contributed by atoms with Gasteiger partial charge in [-0.3, -0.25) is 0 Å². The fraction of sp³-hybridized carbons (Fsp3) is 0.167. The van der Waals surface area contributed by atoms with Crippen molar-refractivity contribution in [1.82, 2.24) is 9.78 Å². The van der Waals surface area contributed by atoms with Gasteiger partial charge < -0.3 is 9.47 Å². The van der Waals surface area contributed by atoms with Gasteiger partial charge in [-0.25, -0.2) is 9.48 Å². The van der Waals surface area contributed by atoms with Gasteiger partial charge in [0.2, 0.25) is 0 Å². The van der Waals surface area contributed by atoms with Crippen LogP contribution in [0.4, 0.5) is 0 Å². The Morgan fingerprint density at radius 2 is 2.28 bits per heavy atom. The second-order valence-corrected chi connectivity index (χ2v) is 3.90. The molecule has 1 aromatic heterocycles. The van der Waals surface area contributed by atoms with Gasteiger partial charge >= 0.3 is 5.97 Å². The number of carbonyl (C=O) groups is 1. The van der Waals surface area contributed by atoms with Crippen molar-refractivity contribution in [3.63, 3.8) is 0 Å². The van der Waals surface area contributed by atoms with Gasteiger partial charge in [-0.05, 0) is 24.3 Å². The van der Waals surface area contributed by atoms with Gasteiger partial charge in [-0.2, -0.15) is 5.10 Å². The summed E-state index contributed by atoms with van der Waals surface area (Å²) in [5.41, 5.74) is 0.243. The molecule has 0 spiro atoms.